The molecule has 0 radical (unpaired) electrons. The van der Waals surface area contributed by atoms with Gasteiger partial charge in [-0.1, -0.05) is 6.92 Å². The zero-order valence-electron chi connectivity index (χ0n) is 9.77. The first kappa shape index (κ1) is 12.5. The second-order valence-corrected chi connectivity index (χ2v) is 4.07. The molecule has 1 saturated heterocycles. The molecule has 15 heavy (non-hydrogen) atoms. The number of ether oxygens (including phenoxy) is 1. The molecule has 1 atom stereocenters. The quantitative estimate of drug-likeness (QED) is 0.639. The van der Waals surface area contributed by atoms with Crippen molar-refractivity contribution >= 4 is 5.91 Å². The molecule has 0 aromatic rings. The monoisotopic (exact) mass is 214 g/mol. The van der Waals surface area contributed by atoms with Crippen LogP contribution in [0.2, 0.25) is 0 Å². The van der Waals surface area contributed by atoms with E-state index >= 15 is 0 Å². The smallest absolute Gasteiger partial charge is 0.240 e. The number of carbonyl (C=O) groups excluding carboxylic acids is 1. The summed E-state index contributed by atoms with van der Waals surface area (Å²) in [5.41, 5.74) is -0.299. The minimum absolute atomic E-state index is 0.151. The van der Waals surface area contributed by atoms with E-state index in [4.69, 9.17) is 4.74 Å². The lowest BCUT2D eigenvalue weighted by Gasteiger charge is -2.26. The first-order chi connectivity index (χ1) is 7.25. The lowest BCUT2D eigenvalue weighted by molar-refractivity contribution is -0.127. The molecule has 1 fully saturated rings. The van der Waals surface area contributed by atoms with Gasteiger partial charge >= 0.3 is 0 Å². The highest BCUT2D eigenvalue weighted by Crippen LogP contribution is 2.22. The van der Waals surface area contributed by atoms with Gasteiger partial charge in [-0.25, -0.2) is 0 Å². The van der Waals surface area contributed by atoms with Gasteiger partial charge in [0.25, 0.3) is 0 Å². The Morgan fingerprint density at radius 1 is 1.60 bits per heavy atom. The van der Waals surface area contributed by atoms with Crippen LogP contribution in [0.15, 0.2) is 0 Å². The molecule has 1 rings (SSSR count). The summed E-state index contributed by atoms with van der Waals surface area (Å²) >= 11 is 0. The maximum absolute atomic E-state index is 11.9. The van der Waals surface area contributed by atoms with Crippen LogP contribution in [0.5, 0.6) is 0 Å². The van der Waals surface area contributed by atoms with Crippen molar-refractivity contribution in [2.75, 3.05) is 26.8 Å². The van der Waals surface area contributed by atoms with Crippen molar-refractivity contribution in [2.45, 2.75) is 38.1 Å². The van der Waals surface area contributed by atoms with Gasteiger partial charge < -0.3 is 15.4 Å². The SMILES string of the molecule is CCC1(C(=O)NCCCOC)CCCN1. The highest BCUT2D eigenvalue weighted by molar-refractivity contribution is 5.86. The van der Waals surface area contributed by atoms with E-state index in [0.29, 0.717) is 13.2 Å². The van der Waals surface area contributed by atoms with Crippen molar-refractivity contribution < 1.29 is 9.53 Å². The molecule has 4 nitrogen and oxygen atoms in total. The third-order valence-electron chi connectivity index (χ3n) is 3.09. The van der Waals surface area contributed by atoms with E-state index in [1.807, 2.05) is 0 Å². The molecule has 88 valence electrons. The number of carbonyl (C=O) groups is 1. The number of rotatable bonds is 6. The van der Waals surface area contributed by atoms with Crippen molar-refractivity contribution in [3.8, 4) is 0 Å². The molecule has 0 aromatic heterocycles. The Balaban J connectivity index is 2.31. The third-order valence-corrected chi connectivity index (χ3v) is 3.09. The molecule has 0 aromatic carbocycles. The summed E-state index contributed by atoms with van der Waals surface area (Å²) < 4.78 is 4.93. The molecule has 0 saturated carbocycles. The summed E-state index contributed by atoms with van der Waals surface area (Å²) in [6, 6.07) is 0. The van der Waals surface area contributed by atoms with Crippen LogP contribution >= 0.6 is 0 Å². The fraction of sp³-hybridized carbons (Fsp3) is 0.909. The topological polar surface area (TPSA) is 50.4 Å². The van der Waals surface area contributed by atoms with Gasteiger partial charge in [-0.15, -0.1) is 0 Å². The number of methoxy groups -OCH3 is 1. The lowest BCUT2D eigenvalue weighted by Crippen LogP contribution is -2.53. The first-order valence-electron chi connectivity index (χ1n) is 5.77. The Morgan fingerprint density at radius 2 is 2.40 bits per heavy atom. The molecule has 1 aliphatic heterocycles. The summed E-state index contributed by atoms with van der Waals surface area (Å²) in [5.74, 6) is 0.151. The number of amides is 1. The van der Waals surface area contributed by atoms with Crippen LogP contribution in [0.4, 0.5) is 0 Å². The van der Waals surface area contributed by atoms with Gasteiger partial charge in [-0.05, 0) is 32.2 Å². The molecular weight excluding hydrogens is 192 g/mol. The average Bonchev–Trinajstić information content (AvgIpc) is 2.74. The van der Waals surface area contributed by atoms with E-state index in [0.717, 1.165) is 32.2 Å². The standard InChI is InChI=1S/C11H22N2O2/c1-3-11(6-4-8-13-11)10(14)12-7-5-9-15-2/h13H,3-9H2,1-2H3,(H,12,14). The maximum atomic E-state index is 11.9. The average molecular weight is 214 g/mol. The minimum atomic E-state index is -0.299. The number of hydrogen-bond donors (Lipinski definition) is 2. The van der Waals surface area contributed by atoms with Gasteiger partial charge in [0, 0.05) is 20.3 Å². The summed E-state index contributed by atoms with van der Waals surface area (Å²) in [6.45, 7) is 4.43. The van der Waals surface area contributed by atoms with Gasteiger partial charge in [-0.3, -0.25) is 4.79 Å². The van der Waals surface area contributed by atoms with Gasteiger partial charge in [0.05, 0.1) is 5.54 Å². The summed E-state index contributed by atoms with van der Waals surface area (Å²) in [7, 11) is 1.67. The number of hydrogen-bond acceptors (Lipinski definition) is 3. The van der Waals surface area contributed by atoms with Crippen LogP contribution in [-0.4, -0.2) is 38.3 Å². The van der Waals surface area contributed by atoms with Gasteiger partial charge in [0.2, 0.25) is 5.91 Å². The largest absolute Gasteiger partial charge is 0.385 e. The normalized spacial score (nSPS) is 25.5. The fourth-order valence-electron chi connectivity index (χ4n) is 2.05. The highest BCUT2D eigenvalue weighted by atomic mass is 16.5. The van der Waals surface area contributed by atoms with E-state index in [9.17, 15) is 4.79 Å². The van der Waals surface area contributed by atoms with Crippen molar-refractivity contribution in [3.63, 3.8) is 0 Å². The molecule has 1 amide bonds. The Hall–Kier alpha value is -0.610. The second kappa shape index (κ2) is 6.08. The zero-order valence-corrected chi connectivity index (χ0v) is 9.77. The fourth-order valence-corrected chi connectivity index (χ4v) is 2.05. The first-order valence-corrected chi connectivity index (χ1v) is 5.77. The summed E-state index contributed by atoms with van der Waals surface area (Å²) in [5, 5.41) is 6.29. The van der Waals surface area contributed by atoms with Crippen molar-refractivity contribution in [2.24, 2.45) is 0 Å². The van der Waals surface area contributed by atoms with E-state index in [1.165, 1.54) is 0 Å². The summed E-state index contributed by atoms with van der Waals surface area (Å²) in [6.07, 6.45) is 3.80. The minimum Gasteiger partial charge on any atom is -0.385 e. The van der Waals surface area contributed by atoms with Gasteiger partial charge in [0.15, 0.2) is 0 Å². The molecule has 1 aliphatic rings. The molecular formula is C11H22N2O2. The van der Waals surface area contributed by atoms with Crippen LogP contribution in [0.3, 0.4) is 0 Å². The van der Waals surface area contributed by atoms with Crippen LogP contribution in [0.1, 0.15) is 32.6 Å². The highest BCUT2D eigenvalue weighted by Gasteiger charge is 2.38. The van der Waals surface area contributed by atoms with E-state index in [-0.39, 0.29) is 11.4 Å². The van der Waals surface area contributed by atoms with Crippen molar-refractivity contribution in [1.29, 1.82) is 0 Å². The Morgan fingerprint density at radius 3 is 2.93 bits per heavy atom. The van der Waals surface area contributed by atoms with Crippen LogP contribution in [0.25, 0.3) is 0 Å². The predicted molar refractivity (Wildman–Crippen MR) is 59.8 cm³/mol. The number of nitrogens with one attached hydrogen (secondary N) is 2. The predicted octanol–water partition coefficient (Wildman–Crippen LogP) is 0.671. The van der Waals surface area contributed by atoms with E-state index in [2.05, 4.69) is 17.6 Å². The maximum Gasteiger partial charge on any atom is 0.240 e. The molecule has 0 bridgehead atoms. The Kier molecular flexibility index (Phi) is 5.05. The van der Waals surface area contributed by atoms with Gasteiger partial charge in [0.1, 0.15) is 0 Å². The van der Waals surface area contributed by atoms with Crippen LogP contribution < -0.4 is 10.6 Å². The molecule has 2 N–H and O–H groups in total. The molecule has 1 heterocycles. The molecule has 0 spiro atoms. The second-order valence-electron chi connectivity index (χ2n) is 4.07. The molecule has 1 unspecified atom stereocenters. The van der Waals surface area contributed by atoms with Crippen LogP contribution in [-0.2, 0) is 9.53 Å². The van der Waals surface area contributed by atoms with Crippen molar-refractivity contribution in [3.05, 3.63) is 0 Å². The third kappa shape index (κ3) is 3.18. The van der Waals surface area contributed by atoms with E-state index in [1.54, 1.807) is 7.11 Å². The zero-order chi connectivity index (χ0) is 11.1. The van der Waals surface area contributed by atoms with Gasteiger partial charge in [-0.2, -0.15) is 0 Å². The lowest BCUT2D eigenvalue weighted by atomic mass is 9.93. The summed E-state index contributed by atoms with van der Waals surface area (Å²) in [4.78, 5) is 11.9. The van der Waals surface area contributed by atoms with Crippen molar-refractivity contribution in [1.82, 2.24) is 10.6 Å². The van der Waals surface area contributed by atoms with Crippen LogP contribution in [0, 0.1) is 0 Å². The Bertz CT molecular complexity index is 201. The molecule has 0 aliphatic carbocycles. The molecule has 4 heteroatoms. The van der Waals surface area contributed by atoms with E-state index < -0.39 is 0 Å². The Labute approximate surface area is 91.8 Å².